The Labute approximate surface area is 174 Å². The largest absolute Gasteiger partial charge is 0.367 e. The van der Waals surface area contributed by atoms with Crippen LogP contribution in [0, 0.1) is 13.8 Å². The molecule has 1 aliphatic heterocycles. The van der Waals surface area contributed by atoms with Crippen molar-refractivity contribution in [1.29, 1.82) is 0 Å². The minimum atomic E-state index is -0.109. The summed E-state index contributed by atoms with van der Waals surface area (Å²) in [5.41, 5.74) is 5.50. The fourth-order valence-electron chi connectivity index (χ4n) is 4.11. The number of likely N-dealkylation sites (N-methyl/N-ethyl adjacent to an activating group) is 1. The molecule has 5 heterocycles. The van der Waals surface area contributed by atoms with Gasteiger partial charge in [0.05, 0.1) is 34.5 Å². The highest BCUT2D eigenvalue weighted by molar-refractivity contribution is 5.66. The Bertz CT molecular complexity index is 1320. The maximum absolute atomic E-state index is 12.9. The monoisotopic (exact) mass is 403 g/mol. The van der Waals surface area contributed by atoms with Crippen LogP contribution in [0.15, 0.2) is 41.5 Å². The SMILES string of the molecule is Cc1cn2nc(-c3cc(=O)n4cc(N5CCN(C)[C@@H](C)C5)ccc4n3)cc2c(C)n1. The van der Waals surface area contributed by atoms with Gasteiger partial charge in [-0.25, -0.2) is 9.50 Å². The second-order valence-corrected chi connectivity index (χ2v) is 8.20. The predicted molar refractivity (Wildman–Crippen MR) is 117 cm³/mol. The summed E-state index contributed by atoms with van der Waals surface area (Å²) in [4.78, 5) is 26.8. The van der Waals surface area contributed by atoms with Gasteiger partial charge < -0.3 is 9.80 Å². The van der Waals surface area contributed by atoms with Gasteiger partial charge in [-0.3, -0.25) is 14.2 Å². The molecule has 1 fully saturated rings. The molecule has 0 amide bonds. The molecule has 0 spiro atoms. The second-order valence-electron chi connectivity index (χ2n) is 8.20. The highest BCUT2D eigenvalue weighted by Crippen LogP contribution is 2.22. The zero-order chi connectivity index (χ0) is 21.0. The Balaban J connectivity index is 1.55. The summed E-state index contributed by atoms with van der Waals surface area (Å²) >= 11 is 0. The smallest absolute Gasteiger partial charge is 0.258 e. The van der Waals surface area contributed by atoms with Crippen LogP contribution in [0.4, 0.5) is 5.69 Å². The molecule has 4 aromatic heterocycles. The molecule has 4 aromatic rings. The van der Waals surface area contributed by atoms with Crippen molar-refractivity contribution in [1.82, 2.24) is 28.9 Å². The molecule has 0 unspecified atom stereocenters. The van der Waals surface area contributed by atoms with Crippen molar-refractivity contribution in [3.8, 4) is 11.4 Å². The maximum atomic E-state index is 12.9. The molecule has 0 radical (unpaired) electrons. The zero-order valence-corrected chi connectivity index (χ0v) is 17.7. The first-order chi connectivity index (χ1) is 14.4. The molecule has 0 aliphatic carbocycles. The molecule has 0 aromatic carbocycles. The van der Waals surface area contributed by atoms with Gasteiger partial charge in [0, 0.05) is 37.9 Å². The summed E-state index contributed by atoms with van der Waals surface area (Å²) in [6.07, 6.45) is 3.77. The second kappa shape index (κ2) is 6.91. The van der Waals surface area contributed by atoms with E-state index < -0.39 is 0 Å². The molecule has 30 heavy (non-hydrogen) atoms. The van der Waals surface area contributed by atoms with Crippen LogP contribution in [0.2, 0.25) is 0 Å². The number of aryl methyl sites for hydroxylation is 2. The Hall–Kier alpha value is -3.26. The Morgan fingerprint density at radius 1 is 1.03 bits per heavy atom. The van der Waals surface area contributed by atoms with E-state index in [1.165, 1.54) is 0 Å². The van der Waals surface area contributed by atoms with Gasteiger partial charge in [-0.1, -0.05) is 0 Å². The summed E-state index contributed by atoms with van der Waals surface area (Å²) in [6.45, 7) is 9.01. The highest BCUT2D eigenvalue weighted by Gasteiger charge is 2.21. The number of aromatic nitrogens is 5. The number of pyridine rings is 1. The van der Waals surface area contributed by atoms with E-state index in [-0.39, 0.29) is 5.56 Å². The minimum absolute atomic E-state index is 0.109. The van der Waals surface area contributed by atoms with Gasteiger partial charge in [0.15, 0.2) is 0 Å². The highest BCUT2D eigenvalue weighted by atomic mass is 16.1. The van der Waals surface area contributed by atoms with Gasteiger partial charge >= 0.3 is 0 Å². The summed E-state index contributed by atoms with van der Waals surface area (Å²) in [7, 11) is 2.15. The van der Waals surface area contributed by atoms with Crippen LogP contribution in [-0.2, 0) is 0 Å². The van der Waals surface area contributed by atoms with Crippen LogP contribution in [0.3, 0.4) is 0 Å². The van der Waals surface area contributed by atoms with Gasteiger partial charge in [0.25, 0.3) is 5.56 Å². The molecule has 1 saturated heterocycles. The average Bonchev–Trinajstić information content (AvgIpc) is 3.14. The third-order valence-electron chi connectivity index (χ3n) is 5.99. The number of hydrogen-bond donors (Lipinski definition) is 0. The topological polar surface area (TPSA) is 71.0 Å². The van der Waals surface area contributed by atoms with Gasteiger partial charge in [-0.2, -0.15) is 5.10 Å². The molecular formula is C22H25N7O. The van der Waals surface area contributed by atoms with E-state index in [1.807, 2.05) is 44.4 Å². The molecular weight excluding hydrogens is 378 g/mol. The number of anilines is 1. The van der Waals surface area contributed by atoms with E-state index in [0.29, 0.717) is 23.1 Å². The lowest BCUT2D eigenvalue weighted by molar-refractivity contribution is 0.234. The van der Waals surface area contributed by atoms with E-state index in [2.05, 4.69) is 33.9 Å². The van der Waals surface area contributed by atoms with E-state index in [4.69, 9.17) is 4.98 Å². The Kier molecular flexibility index (Phi) is 4.32. The molecule has 1 atom stereocenters. The van der Waals surface area contributed by atoms with Gasteiger partial charge in [0.2, 0.25) is 0 Å². The van der Waals surface area contributed by atoms with E-state index >= 15 is 0 Å². The van der Waals surface area contributed by atoms with Crippen LogP contribution in [0.5, 0.6) is 0 Å². The van der Waals surface area contributed by atoms with Crippen LogP contribution >= 0.6 is 0 Å². The van der Waals surface area contributed by atoms with Gasteiger partial charge in [0.1, 0.15) is 11.3 Å². The third kappa shape index (κ3) is 3.13. The number of nitrogens with zero attached hydrogens (tertiary/aromatic N) is 7. The molecule has 5 rings (SSSR count). The molecule has 0 bridgehead atoms. The third-order valence-corrected chi connectivity index (χ3v) is 5.99. The average molecular weight is 403 g/mol. The lowest BCUT2D eigenvalue weighted by Crippen LogP contribution is -2.50. The van der Waals surface area contributed by atoms with E-state index in [9.17, 15) is 4.79 Å². The van der Waals surface area contributed by atoms with Crippen LogP contribution < -0.4 is 10.5 Å². The van der Waals surface area contributed by atoms with E-state index in [1.54, 1.807) is 15.0 Å². The van der Waals surface area contributed by atoms with Crippen molar-refractivity contribution >= 4 is 16.9 Å². The molecule has 0 N–H and O–H groups in total. The van der Waals surface area contributed by atoms with Gasteiger partial charge in [-0.05, 0) is 46.0 Å². The first-order valence-electron chi connectivity index (χ1n) is 10.2. The number of rotatable bonds is 2. The quantitative estimate of drug-likeness (QED) is 0.511. The zero-order valence-electron chi connectivity index (χ0n) is 17.7. The summed E-state index contributed by atoms with van der Waals surface area (Å²) in [5, 5.41) is 4.61. The van der Waals surface area contributed by atoms with Crippen molar-refractivity contribution in [3.63, 3.8) is 0 Å². The van der Waals surface area contributed by atoms with E-state index in [0.717, 1.165) is 42.2 Å². The number of piperazine rings is 1. The number of fused-ring (bicyclic) bond motifs is 2. The Morgan fingerprint density at radius 3 is 2.67 bits per heavy atom. The molecule has 0 saturated carbocycles. The Morgan fingerprint density at radius 2 is 1.87 bits per heavy atom. The first-order valence-corrected chi connectivity index (χ1v) is 10.2. The van der Waals surface area contributed by atoms with Gasteiger partial charge in [-0.15, -0.1) is 0 Å². The number of hydrogen-bond acceptors (Lipinski definition) is 6. The fraction of sp³-hybridized carbons (Fsp3) is 0.364. The summed E-state index contributed by atoms with van der Waals surface area (Å²) < 4.78 is 3.42. The normalized spacial score (nSPS) is 17.9. The maximum Gasteiger partial charge on any atom is 0.258 e. The van der Waals surface area contributed by atoms with Crippen molar-refractivity contribution in [3.05, 3.63) is 58.4 Å². The lowest BCUT2D eigenvalue weighted by atomic mass is 10.2. The van der Waals surface area contributed by atoms with Crippen molar-refractivity contribution in [2.45, 2.75) is 26.8 Å². The van der Waals surface area contributed by atoms with Crippen molar-refractivity contribution in [2.75, 3.05) is 31.6 Å². The van der Waals surface area contributed by atoms with Crippen LogP contribution in [-0.4, -0.2) is 61.6 Å². The molecule has 154 valence electrons. The van der Waals surface area contributed by atoms with Crippen molar-refractivity contribution in [2.24, 2.45) is 0 Å². The summed E-state index contributed by atoms with van der Waals surface area (Å²) in [5.74, 6) is 0. The van der Waals surface area contributed by atoms with Crippen LogP contribution in [0.25, 0.3) is 22.6 Å². The fourth-order valence-corrected chi connectivity index (χ4v) is 4.11. The summed E-state index contributed by atoms with van der Waals surface area (Å²) in [6, 6.07) is 7.92. The van der Waals surface area contributed by atoms with Crippen molar-refractivity contribution < 1.29 is 0 Å². The minimum Gasteiger partial charge on any atom is -0.367 e. The molecule has 1 aliphatic rings. The first kappa shape index (κ1) is 18.7. The molecule has 8 nitrogen and oxygen atoms in total. The standard InChI is InChI=1S/C22H25N7O/c1-14-11-29-20(16(3)23-14)9-19(25-29)18-10-22(30)28-13-17(5-6-21(28)24-18)27-8-7-26(4)15(2)12-27/h5-6,9-11,13,15H,7-8,12H2,1-4H3/t15-/m0/s1. The predicted octanol–water partition coefficient (Wildman–Crippen LogP) is 2.16. The lowest BCUT2D eigenvalue weighted by Gasteiger charge is -2.39. The molecule has 8 heteroatoms. The van der Waals surface area contributed by atoms with Crippen LogP contribution in [0.1, 0.15) is 18.3 Å².